The zero-order valence-electron chi connectivity index (χ0n) is 11.7. The topological polar surface area (TPSA) is 0 Å². The fraction of sp³-hybridized carbons (Fsp3) is 0.647. The van der Waals surface area contributed by atoms with Gasteiger partial charge in [-0.2, -0.15) is 0 Å². The lowest BCUT2D eigenvalue weighted by molar-refractivity contribution is 0.624. The maximum atomic E-state index is 2.26. The van der Waals surface area contributed by atoms with Crippen molar-refractivity contribution in [2.75, 3.05) is 0 Å². The molecule has 0 amide bonds. The van der Waals surface area contributed by atoms with E-state index in [4.69, 9.17) is 0 Å². The first-order valence-corrected chi connectivity index (χ1v) is 7.45. The number of hydrogen-bond acceptors (Lipinski definition) is 0. The molecule has 0 fully saturated rings. The molecule has 1 aromatic rings. The van der Waals surface area contributed by atoms with Crippen molar-refractivity contribution in [3.8, 4) is 0 Å². The Kier molecular flexibility index (Phi) is 7.79. The number of aryl methyl sites for hydroxylation is 2. The van der Waals surface area contributed by atoms with Crippen molar-refractivity contribution in [1.82, 2.24) is 0 Å². The highest BCUT2D eigenvalue weighted by atomic mass is 14.1. The first kappa shape index (κ1) is 14.3. The van der Waals surface area contributed by atoms with Crippen LogP contribution in [0.2, 0.25) is 0 Å². The van der Waals surface area contributed by atoms with Crippen molar-refractivity contribution in [3.05, 3.63) is 35.4 Å². The summed E-state index contributed by atoms with van der Waals surface area (Å²) in [5, 5.41) is 0. The van der Waals surface area contributed by atoms with Gasteiger partial charge in [-0.15, -0.1) is 0 Å². The van der Waals surface area contributed by atoms with Crippen molar-refractivity contribution >= 4 is 0 Å². The third-order valence-corrected chi connectivity index (χ3v) is 3.47. The van der Waals surface area contributed by atoms with Crippen LogP contribution in [0, 0.1) is 0 Å². The molecule has 0 spiro atoms. The molecule has 0 saturated carbocycles. The minimum Gasteiger partial charge on any atom is -0.0654 e. The first-order valence-electron chi connectivity index (χ1n) is 7.45. The molecule has 0 aromatic heterocycles. The minimum absolute atomic E-state index is 1.30. The third kappa shape index (κ3) is 5.91. The molecule has 0 unspecified atom stereocenters. The number of benzene rings is 1. The van der Waals surface area contributed by atoms with E-state index in [2.05, 4.69) is 38.1 Å². The molecule has 1 aromatic carbocycles. The van der Waals surface area contributed by atoms with Crippen LogP contribution in [0.5, 0.6) is 0 Å². The molecule has 1 aliphatic rings. The Hall–Kier alpha value is -0.780. The summed E-state index contributed by atoms with van der Waals surface area (Å²) in [6, 6.07) is 8.74. The second-order valence-electron chi connectivity index (χ2n) is 5.04. The highest BCUT2D eigenvalue weighted by molar-refractivity contribution is 5.30. The second kappa shape index (κ2) is 9.27. The average molecular weight is 232 g/mol. The summed E-state index contributed by atoms with van der Waals surface area (Å²) < 4.78 is 0. The van der Waals surface area contributed by atoms with Crippen LogP contribution in [0.4, 0.5) is 0 Å². The van der Waals surface area contributed by atoms with Gasteiger partial charge >= 0.3 is 0 Å². The maximum absolute atomic E-state index is 2.26. The summed E-state index contributed by atoms with van der Waals surface area (Å²) >= 11 is 0. The molecule has 0 bridgehead atoms. The fourth-order valence-electron chi connectivity index (χ4n) is 2.37. The molecule has 0 heteroatoms. The summed E-state index contributed by atoms with van der Waals surface area (Å²) in [5.74, 6) is 0. The van der Waals surface area contributed by atoms with Crippen molar-refractivity contribution in [3.63, 3.8) is 0 Å². The van der Waals surface area contributed by atoms with E-state index in [1.165, 1.54) is 57.8 Å². The quantitative estimate of drug-likeness (QED) is 0.584. The molecule has 96 valence electrons. The number of hydrogen-bond donors (Lipinski definition) is 0. The predicted octanol–water partition coefficient (Wildman–Crippen LogP) is 5.54. The Labute approximate surface area is 107 Å². The van der Waals surface area contributed by atoms with Crippen molar-refractivity contribution in [1.29, 1.82) is 0 Å². The number of unbranched alkanes of at least 4 members (excludes halogenated alkanes) is 5. The Bertz CT molecular complexity index is 259. The Balaban J connectivity index is 0.000000172. The van der Waals surface area contributed by atoms with Crippen molar-refractivity contribution < 1.29 is 0 Å². The van der Waals surface area contributed by atoms with E-state index in [0.29, 0.717) is 0 Å². The Morgan fingerprint density at radius 2 is 1.24 bits per heavy atom. The first-order chi connectivity index (χ1) is 8.38. The average Bonchev–Trinajstić information content (AvgIpc) is 2.84. The smallest absolute Gasteiger partial charge is 0.0273 e. The molecule has 0 saturated heterocycles. The SMILES string of the molecule is CCCCCCCC.c1ccc2c(c1)CCC2. The molecule has 0 N–H and O–H groups in total. The van der Waals surface area contributed by atoms with Crippen LogP contribution in [0.25, 0.3) is 0 Å². The predicted molar refractivity (Wildman–Crippen MR) is 77.5 cm³/mol. The lowest BCUT2D eigenvalue weighted by Gasteiger charge is -1.93. The lowest BCUT2D eigenvalue weighted by Crippen LogP contribution is -1.77. The molecular weight excluding hydrogens is 204 g/mol. The van der Waals surface area contributed by atoms with E-state index in [1.807, 2.05) is 0 Å². The molecule has 0 atom stereocenters. The van der Waals surface area contributed by atoms with Gasteiger partial charge in [0.25, 0.3) is 0 Å². The minimum atomic E-state index is 1.30. The van der Waals surface area contributed by atoms with Gasteiger partial charge < -0.3 is 0 Å². The van der Waals surface area contributed by atoms with Crippen LogP contribution in [0.1, 0.15) is 69.9 Å². The normalized spacial score (nSPS) is 12.8. The van der Waals surface area contributed by atoms with Gasteiger partial charge in [0.05, 0.1) is 0 Å². The summed E-state index contributed by atoms with van der Waals surface area (Å²) in [7, 11) is 0. The van der Waals surface area contributed by atoms with Gasteiger partial charge in [0.15, 0.2) is 0 Å². The molecule has 0 radical (unpaired) electrons. The van der Waals surface area contributed by atoms with Crippen LogP contribution >= 0.6 is 0 Å². The molecular formula is C17H28. The number of fused-ring (bicyclic) bond motifs is 1. The highest BCUT2D eigenvalue weighted by Gasteiger charge is 2.07. The highest BCUT2D eigenvalue weighted by Crippen LogP contribution is 2.20. The van der Waals surface area contributed by atoms with Crippen molar-refractivity contribution in [2.45, 2.75) is 71.6 Å². The monoisotopic (exact) mass is 232 g/mol. The van der Waals surface area contributed by atoms with Crippen molar-refractivity contribution in [2.24, 2.45) is 0 Å². The van der Waals surface area contributed by atoms with Crippen LogP contribution in [0.3, 0.4) is 0 Å². The fourth-order valence-corrected chi connectivity index (χ4v) is 2.37. The molecule has 0 aliphatic heterocycles. The summed E-state index contributed by atoms with van der Waals surface area (Å²) in [5.41, 5.74) is 3.13. The molecule has 0 heterocycles. The van der Waals surface area contributed by atoms with Gasteiger partial charge in [0, 0.05) is 0 Å². The molecule has 2 rings (SSSR count). The van der Waals surface area contributed by atoms with Gasteiger partial charge in [-0.25, -0.2) is 0 Å². The summed E-state index contributed by atoms with van der Waals surface area (Å²) in [4.78, 5) is 0. The largest absolute Gasteiger partial charge is 0.0654 e. The van der Waals surface area contributed by atoms with E-state index in [0.717, 1.165) is 0 Å². The zero-order chi connectivity index (χ0) is 12.3. The van der Waals surface area contributed by atoms with E-state index in [-0.39, 0.29) is 0 Å². The van der Waals surface area contributed by atoms with E-state index in [9.17, 15) is 0 Å². The molecule has 0 nitrogen and oxygen atoms in total. The summed E-state index contributed by atoms with van der Waals surface area (Å²) in [6.45, 7) is 4.51. The Morgan fingerprint density at radius 3 is 1.65 bits per heavy atom. The Morgan fingerprint density at radius 1 is 0.765 bits per heavy atom. The van der Waals surface area contributed by atoms with Crippen LogP contribution < -0.4 is 0 Å². The zero-order valence-corrected chi connectivity index (χ0v) is 11.7. The van der Waals surface area contributed by atoms with Gasteiger partial charge in [0.1, 0.15) is 0 Å². The van der Waals surface area contributed by atoms with Gasteiger partial charge in [-0.3, -0.25) is 0 Å². The third-order valence-electron chi connectivity index (χ3n) is 3.47. The standard InChI is InChI=1S/C9H10.C8H18/c1-2-5-9-7-3-6-8(9)4-1;1-3-5-7-8-6-4-2/h1-2,4-5H,3,6-7H2;3-8H2,1-2H3. The van der Waals surface area contributed by atoms with E-state index < -0.39 is 0 Å². The van der Waals surface area contributed by atoms with E-state index in [1.54, 1.807) is 11.1 Å². The van der Waals surface area contributed by atoms with Crippen LogP contribution in [-0.4, -0.2) is 0 Å². The molecule has 1 aliphatic carbocycles. The van der Waals surface area contributed by atoms with E-state index >= 15 is 0 Å². The lowest BCUT2D eigenvalue weighted by atomic mass is 10.1. The summed E-state index contributed by atoms with van der Waals surface area (Å²) in [6.07, 6.45) is 12.5. The van der Waals surface area contributed by atoms with Crippen LogP contribution in [0.15, 0.2) is 24.3 Å². The number of rotatable bonds is 5. The van der Waals surface area contributed by atoms with Crippen LogP contribution in [-0.2, 0) is 12.8 Å². The molecule has 17 heavy (non-hydrogen) atoms. The maximum Gasteiger partial charge on any atom is -0.0273 e. The van der Waals surface area contributed by atoms with Gasteiger partial charge in [0.2, 0.25) is 0 Å². The second-order valence-corrected chi connectivity index (χ2v) is 5.04. The van der Waals surface area contributed by atoms with Gasteiger partial charge in [-0.1, -0.05) is 76.6 Å². The van der Waals surface area contributed by atoms with Gasteiger partial charge in [-0.05, 0) is 30.4 Å².